The topological polar surface area (TPSA) is 86.0 Å². The van der Waals surface area contributed by atoms with Gasteiger partial charge in [0.15, 0.2) is 0 Å². The molecule has 0 aliphatic rings. The Morgan fingerprint density at radius 3 is 2.84 bits per heavy atom. The van der Waals surface area contributed by atoms with Crippen molar-refractivity contribution in [1.29, 1.82) is 0 Å². The molecule has 0 radical (unpaired) electrons. The lowest BCUT2D eigenvalue weighted by Crippen LogP contribution is -2.29. The molecule has 19 heavy (non-hydrogen) atoms. The zero-order valence-electron chi connectivity index (χ0n) is 10.8. The first kappa shape index (κ1) is 13.4. The summed E-state index contributed by atoms with van der Waals surface area (Å²) in [5, 5.41) is 7.61. The number of ether oxygens (including phenoxy) is 1. The van der Waals surface area contributed by atoms with E-state index < -0.39 is 0 Å². The van der Waals surface area contributed by atoms with Gasteiger partial charge in [-0.2, -0.15) is 10.2 Å². The Labute approximate surface area is 112 Å². The number of nitrogens with two attached hydrogens (primary N) is 1. The predicted molar refractivity (Wildman–Crippen MR) is 71.2 cm³/mol. The summed E-state index contributed by atoms with van der Waals surface area (Å²) in [6.07, 6.45) is 7.70. The van der Waals surface area contributed by atoms with E-state index in [4.69, 9.17) is 10.6 Å². The van der Waals surface area contributed by atoms with Crippen LogP contribution < -0.4 is 16.0 Å². The number of pyridine rings is 1. The molecule has 2 aromatic rings. The molecule has 2 aromatic heterocycles. The number of nitrogens with zero attached hydrogens (tertiary/aromatic N) is 3. The molecule has 0 fully saturated rings. The van der Waals surface area contributed by atoms with Gasteiger partial charge in [0.05, 0.1) is 25.0 Å². The summed E-state index contributed by atoms with van der Waals surface area (Å²) in [4.78, 5) is 4.18. The molecule has 0 amide bonds. The minimum Gasteiger partial charge on any atom is -0.492 e. The average Bonchev–Trinajstić information content (AvgIpc) is 2.47. The van der Waals surface area contributed by atoms with Crippen LogP contribution in [0.15, 0.2) is 36.9 Å². The second-order valence-electron chi connectivity index (χ2n) is 4.08. The molecule has 0 aromatic carbocycles. The molecule has 1 atom stereocenters. The third-order valence-corrected chi connectivity index (χ3v) is 2.65. The van der Waals surface area contributed by atoms with Gasteiger partial charge in [0.25, 0.3) is 0 Å². The van der Waals surface area contributed by atoms with Crippen molar-refractivity contribution in [1.82, 2.24) is 20.6 Å². The zero-order valence-corrected chi connectivity index (χ0v) is 10.8. The monoisotopic (exact) mass is 259 g/mol. The molecule has 2 rings (SSSR count). The predicted octanol–water partition coefficient (Wildman–Crippen LogP) is 1.21. The number of hydrogen-bond donors (Lipinski definition) is 2. The standard InChI is InChI=1S/C13H17N5O/c1-2-5-19-12-6-11(7-15-9-12)13(18-14)10-3-4-16-17-8-10/h3-4,6-9,13,18H,2,5,14H2,1H3. The summed E-state index contributed by atoms with van der Waals surface area (Å²) in [6, 6.07) is 3.60. The van der Waals surface area contributed by atoms with Gasteiger partial charge in [-0.05, 0) is 29.7 Å². The van der Waals surface area contributed by atoms with Crippen LogP contribution in [0.3, 0.4) is 0 Å². The summed E-state index contributed by atoms with van der Waals surface area (Å²) in [5.74, 6) is 6.36. The number of nitrogens with one attached hydrogen (secondary N) is 1. The molecule has 6 nitrogen and oxygen atoms in total. The fourth-order valence-electron chi connectivity index (χ4n) is 1.75. The van der Waals surface area contributed by atoms with Crippen molar-refractivity contribution in [3.63, 3.8) is 0 Å². The Kier molecular flexibility index (Phi) is 4.77. The van der Waals surface area contributed by atoms with Crippen molar-refractivity contribution >= 4 is 0 Å². The van der Waals surface area contributed by atoms with Crippen LogP contribution in [0.4, 0.5) is 0 Å². The van der Waals surface area contributed by atoms with E-state index in [9.17, 15) is 0 Å². The van der Waals surface area contributed by atoms with Crippen LogP contribution >= 0.6 is 0 Å². The maximum absolute atomic E-state index is 5.62. The second-order valence-corrected chi connectivity index (χ2v) is 4.08. The SMILES string of the molecule is CCCOc1cncc(C(NN)c2ccnnc2)c1. The molecular weight excluding hydrogens is 242 g/mol. The van der Waals surface area contributed by atoms with Gasteiger partial charge in [0.2, 0.25) is 0 Å². The quantitative estimate of drug-likeness (QED) is 0.599. The maximum atomic E-state index is 5.62. The minimum atomic E-state index is -0.187. The van der Waals surface area contributed by atoms with E-state index in [1.165, 1.54) is 0 Å². The molecule has 0 spiro atoms. The Balaban J connectivity index is 2.23. The third kappa shape index (κ3) is 3.46. The number of hydrogen-bond acceptors (Lipinski definition) is 6. The lowest BCUT2D eigenvalue weighted by Gasteiger charge is -2.16. The maximum Gasteiger partial charge on any atom is 0.137 e. The van der Waals surface area contributed by atoms with Gasteiger partial charge in [-0.3, -0.25) is 10.8 Å². The molecule has 2 heterocycles. The summed E-state index contributed by atoms with van der Waals surface area (Å²) in [5.41, 5.74) is 4.60. The Bertz CT molecular complexity index is 505. The first-order valence-corrected chi connectivity index (χ1v) is 6.15. The van der Waals surface area contributed by atoms with E-state index >= 15 is 0 Å². The summed E-state index contributed by atoms with van der Waals surface area (Å²) < 4.78 is 5.57. The van der Waals surface area contributed by atoms with Gasteiger partial charge < -0.3 is 4.74 Å². The Morgan fingerprint density at radius 1 is 1.26 bits per heavy atom. The smallest absolute Gasteiger partial charge is 0.137 e. The highest BCUT2D eigenvalue weighted by Gasteiger charge is 2.13. The molecule has 0 aliphatic carbocycles. The van der Waals surface area contributed by atoms with Crippen molar-refractivity contribution in [3.05, 3.63) is 48.0 Å². The summed E-state index contributed by atoms with van der Waals surface area (Å²) in [6.45, 7) is 2.73. The first-order valence-electron chi connectivity index (χ1n) is 6.15. The normalized spacial score (nSPS) is 12.1. The van der Waals surface area contributed by atoms with Gasteiger partial charge in [0, 0.05) is 12.4 Å². The van der Waals surface area contributed by atoms with E-state index in [-0.39, 0.29) is 6.04 Å². The van der Waals surface area contributed by atoms with Crippen molar-refractivity contribution in [2.75, 3.05) is 6.61 Å². The minimum absolute atomic E-state index is 0.187. The van der Waals surface area contributed by atoms with E-state index in [1.807, 2.05) is 12.1 Å². The molecule has 0 aliphatic heterocycles. The van der Waals surface area contributed by atoms with Gasteiger partial charge in [0.1, 0.15) is 5.75 Å². The summed E-state index contributed by atoms with van der Waals surface area (Å²) in [7, 11) is 0. The van der Waals surface area contributed by atoms with Crippen LogP contribution in [0.5, 0.6) is 5.75 Å². The lowest BCUT2D eigenvalue weighted by molar-refractivity contribution is 0.315. The van der Waals surface area contributed by atoms with E-state index in [1.54, 1.807) is 24.8 Å². The van der Waals surface area contributed by atoms with Crippen LogP contribution in [0, 0.1) is 0 Å². The fourth-order valence-corrected chi connectivity index (χ4v) is 1.75. The number of aromatic nitrogens is 3. The van der Waals surface area contributed by atoms with E-state index in [2.05, 4.69) is 27.5 Å². The fraction of sp³-hybridized carbons (Fsp3) is 0.308. The third-order valence-electron chi connectivity index (χ3n) is 2.65. The highest BCUT2D eigenvalue weighted by molar-refractivity contribution is 5.32. The van der Waals surface area contributed by atoms with Crippen LogP contribution in [-0.4, -0.2) is 21.8 Å². The highest BCUT2D eigenvalue weighted by Crippen LogP contribution is 2.22. The van der Waals surface area contributed by atoms with Crippen LogP contribution in [-0.2, 0) is 0 Å². The zero-order chi connectivity index (χ0) is 13.5. The first-order chi connectivity index (χ1) is 9.35. The van der Waals surface area contributed by atoms with Crippen LogP contribution in [0.25, 0.3) is 0 Å². The van der Waals surface area contributed by atoms with Crippen molar-refractivity contribution in [2.45, 2.75) is 19.4 Å². The molecule has 0 saturated heterocycles. The Hall–Kier alpha value is -2.05. The molecular formula is C13H17N5O. The van der Waals surface area contributed by atoms with Gasteiger partial charge in [-0.1, -0.05) is 6.92 Å². The molecule has 1 unspecified atom stereocenters. The lowest BCUT2D eigenvalue weighted by atomic mass is 10.0. The van der Waals surface area contributed by atoms with Gasteiger partial charge in [-0.15, -0.1) is 0 Å². The highest BCUT2D eigenvalue weighted by atomic mass is 16.5. The van der Waals surface area contributed by atoms with Crippen LogP contribution in [0.2, 0.25) is 0 Å². The number of hydrazine groups is 1. The van der Waals surface area contributed by atoms with Crippen molar-refractivity contribution in [3.8, 4) is 5.75 Å². The van der Waals surface area contributed by atoms with Gasteiger partial charge >= 0.3 is 0 Å². The average molecular weight is 259 g/mol. The van der Waals surface area contributed by atoms with Gasteiger partial charge in [-0.25, -0.2) is 5.43 Å². The number of rotatable bonds is 6. The molecule has 0 saturated carbocycles. The van der Waals surface area contributed by atoms with Crippen LogP contribution in [0.1, 0.15) is 30.5 Å². The van der Waals surface area contributed by atoms with Crippen molar-refractivity contribution < 1.29 is 4.74 Å². The molecule has 3 N–H and O–H groups in total. The second kappa shape index (κ2) is 6.77. The van der Waals surface area contributed by atoms with Crippen molar-refractivity contribution in [2.24, 2.45) is 5.84 Å². The molecule has 0 bridgehead atoms. The Morgan fingerprint density at radius 2 is 2.16 bits per heavy atom. The summed E-state index contributed by atoms with van der Waals surface area (Å²) >= 11 is 0. The molecule has 100 valence electrons. The van der Waals surface area contributed by atoms with E-state index in [0.29, 0.717) is 6.61 Å². The van der Waals surface area contributed by atoms with E-state index in [0.717, 1.165) is 23.3 Å². The largest absolute Gasteiger partial charge is 0.492 e. The molecule has 6 heteroatoms.